The molecule has 9 aromatic rings. The van der Waals surface area contributed by atoms with Crippen LogP contribution in [0, 0.1) is 0 Å². The van der Waals surface area contributed by atoms with E-state index in [1.807, 2.05) is 0 Å². The van der Waals surface area contributed by atoms with Gasteiger partial charge in [0.05, 0.1) is 0 Å². The lowest BCUT2D eigenvalue weighted by Crippen LogP contribution is -2.10. The first-order valence-corrected chi connectivity index (χ1v) is 24.6. The van der Waals surface area contributed by atoms with Crippen molar-refractivity contribution in [3.63, 3.8) is 0 Å². The van der Waals surface area contributed by atoms with Crippen LogP contribution < -0.4 is 0 Å². The lowest BCUT2D eigenvalue weighted by molar-refractivity contribution is 0.590. The molecule has 0 heteroatoms. The van der Waals surface area contributed by atoms with E-state index in [1.54, 1.807) is 0 Å². The van der Waals surface area contributed by atoms with Gasteiger partial charge in [-0.3, -0.25) is 0 Å². The zero-order valence-corrected chi connectivity index (χ0v) is 41.4. The van der Waals surface area contributed by atoms with Crippen LogP contribution in [0.15, 0.2) is 231 Å². The van der Waals surface area contributed by atoms with Crippen LogP contribution in [-0.4, -0.2) is 0 Å². The molecule has 0 unspecified atom stereocenters. The average molecular weight is 903 g/mol. The highest BCUT2D eigenvalue weighted by molar-refractivity contribution is 5.94. The van der Waals surface area contributed by atoms with Gasteiger partial charge >= 0.3 is 0 Å². The van der Waals surface area contributed by atoms with Gasteiger partial charge in [-0.15, -0.1) is 0 Å². The molecule has 0 fully saturated rings. The summed E-state index contributed by atoms with van der Waals surface area (Å²) in [5.74, 6) is 0. The molecule has 0 saturated heterocycles. The van der Waals surface area contributed by atoms with Gasteiger partial charge < -0.3 is 0 Å². The zero-order valence-electron chi connectivity index (χ0n) is 41.4. The van der Waals surface area contributed by atoms with E-state index in [4.69, 9.17) is 0 Å². The Bertz CT molecular complexity index is 3030. The van der Waals surface area contributed by atoms with Crippen LogP contribution in [0.25, 0.3) is 69.9 Å². The normalized spacial score (nSPS) is 12.5. The van der Waals surface area contributed by atoms with Gasteiger partial charge in [-0.1, -0.05) is 284 Å². The summed E-state index contributed by atoms with van der Waals surface area (Å²) in [7, 11) is 0. The Morgan fingerprint density at radius 1 is 0.286 bits per heavy atom. The topological polar surface area (TPSA) is 0 Å². The molecule has 0 aliphatic heterocycles. The van der Waals surface area contributed by atoms with Crippen molar-refractivity contribution < 1.29 is 0 Å². The van der Waals surface area contributed by atoms with Crippen molar-refractivity contribution in [3.8, 4) is 22.3 Å². The Balaban J connectivity index is 1.03. The molecule has 70 heavy (non-hydrogen) atoms. The van der Waals surface area contributed by atoms with Crippen molar-refractivity contribution in [1.29, 1.82) is 0 Å². The van der Waals surface area contributed by atoms with Crippen LogP contribution in [-0.2, 0) is 10.8 Å². The molecule has 0 amide bonds. The summed E-state index contributed by atoms with van der Waals surface area (Å²) in [4.78, 5) is 0. The molecule has 0 atom stereocenters. The first kappa shape index (κ1) is 47.0. The van der Waals surface area contributed by atoms with Crippen LogP contribution in [0.4, 0.5) is 0 Å². The number of hydrogen-bond donors (Lipinski definition) is 0. The Morgan fingerprint density at radius 2 is 0.571 bits per heavy atom. The van der Waals surface area contributed by atoms with Gasteiger partial charge in [0.2, 0.25) is 0 Å². The summed E-state index contributed by atoms with van der Waals surface area (Å²) in [6.07, 6.45) is 13.6. The molecular weight excluding hydrogens is 841 g/mol. The van der Waals surface area contributed by atoms with Crippen molar-refractivity contribution in [1.82, 2.24) is 0 Å². The molecule has 0 bridgehead atoms. The summed E-state index contributed by atoms with van der Waals surface area (Å²) in [5, 5.41) is 0. The Morgan fingerprint density at radius 3 is 0.886 bits per heavy atom. The maximum absolute atomic E-state index is 2.36. The second-order valence-electron chi connectivity index (χ2n) is 20.3. The third-order valence-corrected chi connectivity index (χ3v) is 13.1. The summed E-state index contributed by atoms with van der Waals surface area (Å²) < 4.78 is 0. The summed E-state index contributed by atoms with van der Waals surface area (Å²) >= 11 is 0. The van der Waals surface area contributed by atoms with Crippen LogP contribution in [0.3, 0.4) is 0 Å². The van der Waals surface area contributed by atoms with E-state index in [0.29, 0.717) is 0 Å². The molecule has 0 aromatic heterocycles. The molecule has 0 N–H and O–H groups in total. The van der Waals surface area contributed by atoms with E-state index in [-0.39, 0.29) is 10.8 Å². The van der Waals surface area contributed by atoms with Crippen molar-refractivity contribution in [2.45, 2.75) is 52.4 Å². The lowest BCUT2D eigenvalue weighted by atomic mass is 9.85. The third kappa shape index (κ3) is 11.6. The first-order valence-electron chi connectivity index (χ1n) is 24.6. The molecule has 9 aromatic carbocycles. The minimum Gasteiger partial charge on any atom is -0.0622 e. The first-order chi connectivity index (χ1) is 33.9. The molecule has 0 spiro atoms. The maximum atomic E-state index is 2.36. The maximum Gasteiger partial charge on any atom is -0.0105 e. The Hall–Kier alpha value is -8.06. The Kier molecular flexibility index (Phi) is 14.2. The lowest BCUT2D eigenvalue weighted by Gasteiger charge is -2.19. The van der Waals surface area contributed by atoms with Crippen molar-refractivity contribution >= 4 is 47.6 Å². The van der Waals surface area contributed by atoms with Crippen LogP contribution in [0.5, 0.6) is 0 Å². The molecule has 0 heterocycles. The fraction of sp³-hybridized carbons (Fsp3) is 0.114. The average Bonchev–Trinajstić information content (AvgIpc) is 3.39. The largest absolute Gasteiger partial charge is 0.0622 e. The molecule has 0 radical (unpaired) electrons. The number of benzene rings is 9. The van der Waals surface area contributed by atoms with Crippen LogP contribution >= 0.6 is 0 Å². The van der Waals surface area contributed by atoms with Gasteiger partial charge in [0.1, 0.15) is 0 Å². The predicted molar refractivity (Wildman–Crippen MR) is 305 cm³/mol. The van der Waals surface area contributed by atoms with E-state index in [9.17, 15) is 0 Å². The van der Waals surface area contributed by atoms with E-state index in [1.165, 1.54) is 66.8 Å². The number of hydrogen-bond acceptors (Lipinski definition) is 0. The van der Waals surface area contributed by atoms with E-state index in [2.05, 4.69) is 309 Å². The van der Waals surface area contributed by atoms with Gasteiger partial charge in [0.25, 0.3) is 0 Å². The summed E-state index contributed by atoms with van der Waals surface area (Å²) in [6, 6.07) is 83.5. The fourth-order valence-corrected chi connectivity index (χ4v) is 8.96. The van der Waals surface area contributed by atoms with E-state index >= 15 is 0 Å². The van der Waals surface area contributed by atoms with Gasteiger partial charge in [0, 0.05) is 0 Å². The standard InChI is InChI=1S/C70H62/c1-69(2,3)63-43-39-59(40-44-63)65(55-19-11-7-12-20-55)47-53-31-27-51(28-32-53)35-37-61-49-68(58-25-17-10-18-26-58)62(50-67(61)57-23-15-9-16-24-57)38-36-52-29-33-54(34-30-52)48-66(56-21-13-8-14-22-56)60-41-45-64(46-42-60)70(4,5)6/h7-50H,1-6H3. The molecular formula is C70H62. The summed E-state index contributed by atoms with van der Waals surface area (Å²) in [5.41, 5.74) is 21.8. The van der Waals surface area contributed by atoms with Gasteiger partial charge in [0.15, 0.2) is 0 Å². The van der Waals surface area contributed by atoms with Gasteiger partial charge in [-0.25, -0.2) is 0 Å². The smallest absolute Gasteiger partial charge is 0.0105 e. The van der Waals surface area contributed by atoms with E-state index in [0.717, 1.165) is 33.4 Å². The van der Waals surface area contributed by atoms with Gasteiger partial charge in [-0.2, -0.15) is 0 Å². The minimum atomic E-state index is 0.102. The molecule has 342 valence electrons. The second kappa shape index (κ2) is 21.1. The van der Waals surface area contributed by atoms with Crippen molar-refractivity contribution in [3.05, 3.63) is 297 Å². The predicted octanol–water partition coefficient (Wildman–Crippen LogP) is 19.1. The molecule has 0 aliphatic carbocycles. The number of rotatable bonds is 12. The highest BCUT2D eigenvalue weighted by Crippen LogP contribution is 2.36. The minimum absolute atomic E-state index is 0.102. The summed E-state index contributed by atoms with van der Waals surface area (Å²) in [6.45, 7) is 13.6. The van der Waals surface area contributed by atoms with E-state index < -0.39 is 0 Å². The monoisotopic (exact) mass is 902 g/mol. The quantitative estimate of drug-likeness (QED) is 0.107. The second-order valence-corrected chi connectivity index (χ2v) is 20.3. The third-order valence-electron chi connectivity index (χ3n) is 13.1. The van der Waals surface area contributed by atoms with Gasteiger partial charge in [-0.05, 0) is 135 Å². The molecule has 0 aliphatic rings. The van der Waals surface area contributed by atoms with Crippen molar-refractivity contribution in [2.24, 2.45) is 0 Å². The van der Waals surface area contributed by atoms with Crippen LogP contribution in [0.1, 0.15) is 108 Å². The Labute approximate surface area is 417 Å². The molecule has 9 rings (SSSR count). The fourth-order valence-electron chi connectivity index (χ4n) is 8.96. The highest BCUT2D eigenvalue weighted by atomic mass is 14.2. The van der Waals surface area contributed by atoms with Crippen LogP contribution in [0.2, 0.25) is 0 Å². The highest BCUT2D eigenvalue weighted by Gasteiger charge is 2.16. The zero-order chi connectivity index (χ0) is 48.5. The molecule has 0 saturated carbocycles. The molecule has 0 nitrogen and oxygen atoms in total. The van der Waals surface area contributed by atoms with Crippen molar-refractivity contribution in [2.75, 3.05) is 0 Å². The SMILES string of the molecule is CC(C)(C)c1ccc(C(=Cc2ccc(C=Cc3cc(-c4ccccc4)c(C=Cc4ccc(C=C(c5ccccc5)c5ccc(C(C)(C)C)cc5)cc4)cc3-c3ccccc3)cc2)c2ccccc2)cc1.